The number of amides is 3. The number of benzene rings is 1. The number of hydrogen-bond acceptors (Lipinski definition) is 4. The van der Waals surface area contributed by atoms with Gasteiger partial charge in [0.1, 0.15) is 6.04 Å². The molecule has 0 radical (unpaired) electrons. The summed E-state index contributed by atoms with van der Waals surface area (Å²) in [5, 5.41) is 4.60. The van der Waals surface area contributed by atoms with E-state index in [9.17, 15) is 9.59 Å². The van der Waals surface area contributed by atoms with Crippen molar-refractivity contribution in [3.8, 4) is 0 Å². The summed E-state index contributed by atoms with van der Waals surface area (Å²) in [4.78, 5) is 24.7. The van der Waals surface area contributed by atoms with Gasteiger partial charge in [0.05, 0.1) is 0 Å². The number of imide groups is 1. The van der Waals surface area contributed by atoms with Crippen LogP contribution in [0.25, 0.3) is 0 Å². The largest absolute Gasteiger partial charge is 0.363 e. The van der Waals surface area contributed by atoms with Crippen molar-refractivity contribution in [2.75, 3.05) is 19.0 Å². The fourth-order valence-electron chi connectivity index (χ4n) is 1.58. The number of anilines is 1. The first-order valence-corrected chi connectivity index (χ1v) is 6.04. The lowest BCUT2D eigenvalue weighted by atomic mass is 10.1. The van der Waals surface area contributed by atoms with Crippen molar-refractivity contribution in [1.29, 1.82) is 0 Å². The summed E-state index contributed by atoms with van der Waals surface area (Å²) in [5.74, 6) is -0.361. The third-order valence-electron chi connectivity index (χ3n) is 2.98. The summed E-state index contributed by atoms with van der Waals surface area (Å²) in [7, 11) is 3.26. The monoisotopic (exact) mass is 264 g/mol. The summed E-state index contributed by atoms with van der Waals surface area (Å²) >= 11 is 0. The van der Waals surface area contributed by atoms with Gasteiger partial charge in [0.2, 0.25) is 5.91 Å². The smallest absolute Gasteiger partial charge is 0.321 e. The van der Waals surface area contributed by atoms with Crippen molar-refractivity contribution in [2.45, 2.75) is 19.5 Å². The number of carbonyl (C=O) groups is 2. The zero-order valence-electron chi connectivity index (χ0n) is 11.4. The molecule has 3 amide bonds. The molecule has 0 saturated heterocycles. The molecular formula is C13H20N4O2. The first-order valence-electron chi connectivity index (χ1n) is 6.04. The molecule has 0 fully saturated rings. The summed E-state index contributed by atoms with van der Waals surface area (Å²) in [6.45, 7) is 2.17. The Morgan fingerprint density at radius 2 is 2.11 bits per heavy atom. The van der Waals surface area contributed by atoms with Gasteiger partial charge in [0, 0.05) is 26.3 Å². The minimum Gasteiger partial charge on any atom is -0.363 e. The first-order chi connectivity index (χ1) is 8.99. The Bertz CT molecular complexity index is 462. The Hall–Kier alpha value is -2.08. The van der Waals surface area contributed by atoms with E-state index < -0.39 is 12.1 Å². The predicted octanol–water partition coefficient (Wildman–Crippen LogP) is 0.426. The van der Waals surface area contributed by atoms with E-state index in [2.05, 4.69) is 10.6 Å². The molecule has 1 aromatic carbocycles. The molecule has 1 aromatic rings. The van der Waals surface area contributed by atoms with Crippen LogP contribution >= 0.6 is 0 Å². The molecule has 1 rings (SSSR count). The van der Waals surface area contributed by atoms with E-state index in [1.54, 1.807) is 18.9 Å². The standard InChI is InChI=1S/C13H20N4O2/c1-9(12(18)16-13(19)15-2)17(3)11-6-4-5-10(7-11)8-14/h4-7,9H,8,14H2,1-3H3,(H2,15,16,18,19). The molecule has 4 N–H and O–H groups in total. The minimum absolute atomic E-state index is 0.361. The molecule has 6 nitrogen and oxygen atoms in total. The zero-order chi connectivity index (χ0) is 14.4. The lowest BCUT2D eigenvalue weighted by molar-refractivity contribution is -0.120. The molecule has 0 aliphatic rings. The Balaban J connectivity index is 2.77. The van der Waals surface area contributed by atoms with Crippen LogP contribution in [0.15, 0.2) is 24.3 Å². The second-order valence-corrected chi connectivity index (χ2v) is 4.23. The van der Waals surface area contributed by atoms with Gasteiger partial charge in [-0.15, -0.1) is 0 Å². The number of nitrogens with zero attached hydrogens (tertiary/aromatic N) is 1. The molecule has 0 spiro atoms. The van der Waals surface area contributed by atoms with E-state index in [1.165, 1.54) is 7.05 Å². The van der Waals surface area contributed by atoms with Crippen LogP contribution in [0.2, 0.25) is 0 Å². The summed E-state index contributed by atoms with van der Waals surface area (Å²) in [6, 6.07) is 6.64. The second kappa shape index (κ2) is 6.75. The van der Waals surface area contributed by atoms with Crippen molar-refractivity contribution in [3.05, 3.63) is 29.8 Å². The van der Waals surface area contributed by atoms with Gasteiger partial charge in [-0.3, -0.25) is 10.1 Å². The van der Waals surface area contributed by atoms with Crippen LogP contribution in [-0.4, -0.2) is 32.1 Å². The summed E-state index contributed by atoms with van der Waals surface area (Å²) in [6.07, 6.45) is 0. The van der Waals surface area contributed by atoms with Gasteiger partial charge in [-0.1, -0.05) is 12.1 Å². The average molecular weight is 264 g/mol. The number of urea groups is 1. The van der Waals surface area contributed by atoms with Crippen molar-refractivity contribution in [3.63, 3.8) is 0 Å². The normalized spacial score (nSPS) is 11.6. The minimum atomic E-state index is -0.513. The molecule has 0 saturated carbocycles. The quantitative estimate of drug-likeness (QED) is 0.735. The van der Waals surface area contributed by atoms with E-state index in [1.807, 2.05) is 24.3 Å². The Morgan fingerprint density at radius 1 is 1.42 bits per heavy atom. The highest BCUT2D eigenvalue weighted by molar-refractivity contribution is 5.98. The topological polar surface area (TPSA) is 87.5 Å². The van der Waals surface area contributed by atoms with Crippen LogP contribution in [0.5, 0.6) is 0 Å². The molecule has 0 heterocycles. The van der Waals surface area contributed by atoms with Crippen molar-refractivity contribution in [2.24, 2.45) is 5.73 Å². The van der Waals surface area contributed by atoms with Crippen LogP contribution in [0, 0.1) is 0 Å². The molecule has 0 bridgehead atoms. The highest BCUT2D eigenvalue weighted by Crippen LogP contribution is 2.16. The van der Waals surface area contributed by atoms with E-state index in [4.69, 9.17) is 5.73 Å². The van der Waals surface area contributed by atoms with Gasteiger partial charge >= 0.3 is 6.03 Å². The van der Waals surface area contributed by atoms with E-state index in [0.29, 0.717) is 6.54 Å². The van der Waals surface area contributed by atoms with Gasteiger partial charge in [-0.2, -0.15) is 0 Å². The average Bonchev–Trinajstić information content (AvgIpc) is 2.45. The number of likely N-dealkylation sites (N-methyl/N-ethyl adjacent to an activating group) is 1. The van der Waals surface area contributed by atoms with Crippen molar-refractivity contribution in [1.82, 2.24) is 10.6 Å². The summed E-state index contributed by atoms with van der Waals surface area (Å²) in [5.41, 5.74) is 7.45. The van der Waals surface area contributed by atoms with Crippen LogP contribution in [0.1, 0.15) is 12.5 Å². The SMILES string of the molecule is CNC(=O)NC(=O)C(C)N(C)c1cccc(CN)c1. The predicted molar refractivity (Wildman–Crippen MR) is 74.8 cm³/mol. The molecule has 0 aliphatic heterocycles. The number of hydrogen-bond donors (Lipinski definition) is 3. The molecule has 0 aromatic heterocycles. The number of nitrogens with one attached hydrogen (secondary N) is 2. The molecule has 104 valence electrons. The zero-order valence-corrected chi connectivity index (χ0v) is 11.4. The number of rotatable bonds is 4. The first kappa shape index (κ1) is 15.0. The van der Waals surface area contributed by atoms with Crippen LogP contribution in [0.3, 0.4) is 0 Å². The van der Waals surface area contributed by atoms with Crippen molar-refractivity contribution < 1.29 is 9.59 Å². The van der Waals surface area contributed by atoms with Gasteiger partial charge < -0.3 is 16.0 Å². The van der Waals surface area contributed by atoms with E-state index in [-0.39, 0.29) is 5.91 Å². The van der Waals surface area contributed by atoms with Crippen LogP contribution in [-0.2, 0) is 11.3 Å². The highest BCUT2D eigenvalue weighted by atomic mass is 16.2. The number of carbonyl (C=O) groups excluding carboxylic acids is 2. The molecular weight excluding hydrogens is 244 g/mol. The fourth-order valence-corrected chi connectivity index (χ4v) is 1.58. The van der Waals surface area contributed by atoms with E-state index in [0.717, 1.165) is 11.3 Å². The molecule has 1 unspecified atom stereocenters. The maximum Gasteiger partial charge on any atom is 0.321 e. The fraction of sp³-hybridized carbons (Fsp3) is 0.385. The molecule has 6 heteroatoms. The molecule has 1 atom stereocenters. The van der Waals surface area contributed by atoms with Gasteiger partial charge in [0.15, 0.2) is 0 Å². The van der Waals surface area contributed by atoms with Gasteiger partial charge in [0.25, 0.3) is 0 Å². The Labute approximate surface area is 113 Å². The lowest BCUT2D eigenvalue weighted by Crippen LogP contribution is -2.48. The van der Waals surface area contributed by atoms with Crippen LogP contribution < -0.4 is 21.3 Å². The van der Waals surface area contributed by atoms with Crippen LogP contribution in [0.4, 0.5) is 10.5 Å². The third kappa shape index (κ3) is 3.96. The van der Waals surface area contributed by atoms with Gasteiger partial charge in [-0.25, -0.2) is 4.79 Å². The maximum atomic E-state index is 11.8. The number of nitrogens with two attached hydrogens (primary N) is 1. The highest BCUT2D eigenvalue weighted by Gasteiger charge is 2.20. The second-order valence-electron chi connectivity index (χ2n) is 4.23. The third-order valence-corrected chi connectivity index (χ3v) is 2.98. The Kier molecular flexibility index (Phi) is 5.32. The summed E-state index contributed by atoms with van der Waals surface area (Å²) < 4.78 is 0. The molecule has 19 heavy (non-hydrogen) atoms. The lowest BCUT2D eigenvalue weighted by Gasteiger charge is -2.26. The van der Waals surface area contributed by atoms with Gasteiger partial charge in [-0.05, 0) is 24.6 Å². The van der Waals surface area contributed by atoms with Crippen molar-refractivity contribution >= 4 is 17.6 Å². The van der Waals surface area contributed by atoms with E-state index >= 15 is 0 Å². The maximum absolute atomic E-state index is 11.8. The molecule has 0 aliphatic carbocycles. The Morgan fingerprint density at radius 3 is 2.68 bits per heavy atom.